The van der Waals surface area contributed by atoms with E-state index >= 15 is 0 Å². The maximum atomic E-state index is 12.6. The van der Waals surface area contributed by atoms with Crippen molar-refractivity contribution >= 4 is 22.8 Å². The molecule has 0 saturated carbocycles. The minimum Gasteiger partial charge on any atom is -0.550 e. The van der Waals surface area contributed by atoms with Crippen LogP contribution >= 0.6 is 0 Å². The van der Waals surface area contributed by atoms with Gasteiger partial charge in [-0.15, -0.1) is 0 Å². The van der Waals surface area contributed by atoms with E-state index in [0.717, 1.165) is 36.6 Å². The molecule has 0 aliphatic carbocycles. The Hall–Kier alpha value is -2.83. The van der Waals surface area contributed by atoms with Crippen LogP contribution in [0.5, 0.6) is 5.75 Å². The summed E-state index contributed by atoms with van der Waals surface area (Å²) in [6.07, 6.45) is 3.92. The number of rotatable bonds is 11. The molecule has 1 aromatic carbocycles. The summed E-state index contributed by atoms with van der Waals surface area (Å²) in [4.78, 5) is 35.1. The molecule has 1 N–H and O–H groups in total. The number of nitrogens with one attached hydrogen (secondary N) is 1. The molecule has 0 fully saturated rings. The van der Waals surface area contributed by atoms with Gasteiger partial charge in [-0.05, 0) is 51.3 Å². The van der Waals surface area contributed by atoms with Gasteiger partial charge < -0.3 is 24.4 Å². The van der Waals surface area contributed by atoms with Crippen molar-refractivity contribution in [1.29, 1.82) is 0 Å². The first-order valence-corrected chi connectivity index (χ1v) is 10.5. The van der Waals surface area contributed by atoms with E-state index in [4.69, 9.17) is 9.15 Å². The molecule has 1 amide bonds. The van der Waals surface area contributed by atoms with Crippen LogP contribution in [0, 0.1) is 13.8 Å². The number of unbranched alkanes of at least 4 members (excludes halogenated alkanes) is 3. The number of aryl methyl sites for hydroxylation is 2. The number of fused-ring (bicyclic) bond motifs is 1. The van der Waals surface area contributed by atoms with Crippen molar-refractivity contribution in [2.45, 2.75) is 72.3 Å². The van der Waals surface area contributed by atoms with E-state index in [2.05, 4.69) is 12.2 Å². The van der Waals surface area contributed by atoms with Crippen molar-refractivity contribution in [1.82, 2.24) is 5.32 Å². The molecule has 2 aromatic rings. The second kappa shape index (κ2) is 10.8. The molecule has 30 heavy (non-hydrogen) atoms. The summed E-state index contributed by atoms with van der Waals surface area (Å²) in [7, 11) is 0. The fourth-order valence-corrected chi connectivity index (χ4v) is 3.39. The SMILES string of the molecule is CCCCCCc1c(C)c2ccc(O[C@@H](C)C(=O)NCCC(=O)[O-])c(C)c2oc1=O. The first-order chi connectivity index (χ1) is 14.3. The number of ether oxygens (including phenoxy) is 1. The van der Waals surface area contributed by atoms with Crippen LogP contribution in [0.25, 0.3) is 11.0 Å². The Morgan fingerprint density at radius 3 is 2.57 bits per heavy atom. The zero-order chi connectivity index (χ0) is 22.3. The summed E-state index contributed by atoms with van der Waals surface area (Å²) >= 11 is 0. The van der Waals surface area contributed by atoms with Crippen molar-refractivity contribution in [2.75, 3.05) is 6.54 Å². The van der Waals surface area contributed by atoms with Crippen LogP contribution in [-0.2, 0) is 16.0 Å². The molecule has 7 nitrogen and oxygen atoms in total. The molecule has 0 bridgehead atoms. The average molecular weight is 416 g/mol. The fraction of sp³-hybridized carbons (Fsp3) is 0.522. The van der Waals surface area contributed by atoms with Crippen LogP contribution < -0.4 is 20.8 Å². The normalized spacial score (nSPS) is 12.0. The van der Waals surface area contributed by atoms with Gasteiger partial charge in [0.1, 0.15) is 11.3 Å². The van der Waals surface area contributed by atoms with Gasteiger partial charge in [0, 0.05) is 35.4 Å². The molecule has 0 spiro atoms. The topological polar surface area (TPSA) is 109 Å². The average Bonchev–Trinajstić information content (AvgIpc) is 2.69. The van der Waals surface area contributed by atoms with Crippen LogP contribution in [0.4, 0.5) is 0 Å². The first-order valence-electron chi connectivity index (χ1n) is 10.5. The highest BCUT2D eigenvalue weighted by Crippen LogP contribution is 2.30. The molecule has 0 aliphatic rings. The van der Waals surface area contributed by atoms with Gasteiger partial charge >= 0.3 is 5.63 Å². The Kier molecular flexibility index (Phi) is 8.45. The second-order valence-corrected chi connectivity index (χ2v) is 7.54. The molecule has 2 rings (SSSR count). The van der Waals surface area contributed by atoms with Gasteiger partial charge in [-0.25, -0.2) is 4.79 Å². The lowest BCUT2D eigenvalue weighted by Crippen LogP contribution is -2.38. The van der Waals surface area contributed by atoms with Crippen molar-refractivity contribution in [3.05, 3.63) is 39.2 Å². The van der Waals surface area contributed by atoms with Crippen molar-refractivity contribution in [3.63, 3.8) is 0 Å². The molecule has 0 unspecified atom stereocenters. The fourth-order valence-electron chi connectivity index (χ4n) is 3.39. The zero-order valence-corrected chi connectivity index (χ0v) is 18.1. The predicted octanol–water partition coefficient (Wildman–Crippen LogP) is 2.56. The molecule has 164 valence electrons. The van der Waals surface area contributed by atoms with Gasteiger partial charge in [-0.2, -0.15) is 0 Å². The molecule has 0 radical (unpaired) electrons. The van der Waals surface area contributed by atoms with E-state index in [1.807, 2.05) is 13.0 Å². The highest BCUT2D eigenvalue weighted by molar-refractivity contribution is 5.86. The monoisotopic (exact) mass is 416 g/mol. The van der Waals surface area contributed by atoms with Crippen LogP contribution in [0.1, 0.15) is 62.6 Å². The quantitative estimate of drug-likeness (QED) is 0.445. The number of carboxylic acid groups (broad SMARTS) is 1. The smallest absolute Gasteiger partial charge is 0.339 e. The van der Waals surface area contributed by atoms with Crippen molar-refractivity contribution in [2.24, 2.45) is 0 Å². The zero-order valence-electron chi connectivity index (χ0n) is 18.1. The minimum atomic E-state index is -1.23. The Labute approximate surface area is 176 Å². The minimum absolute atomic E-state index is 0.0271. The van der Waals surface area contributed by atoms with Crippen molar-refractivity contribution in [3.8, 4) is 5.75 Å². The Balaban J connectivity index is 2.20. The third-order valence-electron chi connectivity index (χ3n) is 5.24. The lowest BCUT2D eigenvalue weighted by Gasteiger charge is -2.17. The van der Waals surface area contributed by atoms with E-state index in [9.17, 15) is 19.5 Å². The number of amides is 1. The lowest BCUT2D eigenvalue weighted by molar-refractivity contribution is -0.305. The summed E-state index contributed by atoms with van der Waals surface area (Å²) < 4.78 is 11.4. The summed E-state index contributed by atoms with van der Waals surface area (Å²) in [5.74, 6) is -1.23. The Morgan fingerprint density at radius 1 is 1.17 bits per heavy atom. The summed E-state index contributed by atoms with van der Waals surface area (Å²) in [5, 5.41) is 13.8. The maximum absolute atomic E-state index is 12.6. The number of hydrogen-bond acceptors (Lipinski definition) is 6. The van der Waals surface area contributed by atoms with Gasteiger partial charge in [0.25, 0.3) is 5.91 Å². The number of benzene rings is 1. The highest BCUT2D eigenvalue weighted by Gasteiger charge is 2.19. The highest BCUT2D eigenvalue weighted by atomic mass is 16.5. The third-order valence-corrected chi connectivity index (χ3v) is 5.24. The maximum Gasteiger partial charge on any atom is 0.339 e. The third kappa shape index (κ3) is 5.84. The van der Waals surface area contributed by atoms with Crippen LogP contribution in [0.15, 0.2) is 21.3 Å². The van der Waals surface area contributed by atoms with Crippen LogP contribution in [-0.4, -0.2) is 24.5 Å². The molecule has 0 saturated heterocycles. The molecular formula is C23H30NO6-. The number of carbonyl (C=O) groups is 2. The van der Waals surface area contributed by atoms with Crippen molar-refractivity contribution < 1.29 is 23.8 Å². The van der Waals surface area contributed by atoms with E-state index in [-0.39, 0.29) is 18.6 Å². The molecule has 0 aliphatic heterocycles. The van der Waals surface area contributed by atoms with E-state index in [1.165, 1.54) is 0 Å². The number of hydrogen-bond donors (Lipinski definition) is 1. The van der Waals surface area contributed by atoms with Gasteiger partial charge in [-0.3, -0.25) is 4.79 Å². The first kappa shape index (κ1) is 23.4. The molecule has 1 atom stereocenters. The van der Waals surface area contributed by atoms with Gasteiger partial charge in [0.05, 0.1) is 0 Å². The summed E-state index contributed by atoms with van der Waals surface area (Å²) in [6.45, 7) is 7.40. The van der Waals surface area contributed by atoms with Gasteiger partial charge in [-0.1, -0.05) is 26.2 Å². The number of aliphatic carboxylic acids is 1. The molecular weight excluding hydrogens is 386 g/mol. The Morgan fingerprint density at radius 2 is 1.90 bits per heavy atom. The Bertz CT molecular complexity index is 962. The van der Waals surface area contributed by atoms with E-state index in [1.54, 1.807) is 19.9 Å². The predicted molar refractivity (Wildman–Crippen MR) is 113 cm³/mol. The van der Waals surface area contributed by atoms with Crippen LogP contribution in [0.2, 0.25) is 0 Å². The summed E-state index contributed by atoms with van der Waals surface area (Å²) in [6, 6.07) is 3.60. The largest absolute Gasteiger partial charge is 0.550 e. The number of carbonyl (C=O) groups excluding carboxylic acids is 2. The standard InChI is InChI=1S/C23H31NO6/c1-5-6-7-8-9-18-14(2)17-10-11-19(15(3)21(17)30-23(18)28)29-16(4)22(27)24-13-12-20(25)26/h10-11,16H,5-9,12-13H2,1-4H3,(H,24,27)(H,25,26)/p-1/t16-/m0/s1. The lowest BCUT2D eigenvalue weighted by atomic mass is 9.99. The van der Waals surface area contributed by atoms with E-state index < -0.39 is 18.0 Å². The van der Waals surface area contributed by atoms with Crippen LogP contribution in [0.3, 0.4) is 0 Å². The molecule has 7 heteroatoms. The van der Waals surface area contributed by atoms with E-state index in [0.29, 0.717) is 28.9 Å². The molecule has 1 aromatic heterocycles. The second-order valence-electron chi connectivity index (χ2n) is 7.54. The summed E-state index contributed by atoms with van der Waals surface area (Å²) in [5.41, 5.74) is 2.40. The molecule has 1 heterocycles. The number of carboxylic acids is 1. The van der Waals surface area contributed by atoms with Gasteiger partial charge in [0.2, 0.25) is 0 Å². The van der Waals surface area contributed by atoms with Gasteiger partial charge in [0.15, 0.2) is 6.10 Å².